The van der Waals surface area contributed by atoms with Crippen LogP contribution >= 0.6 is 27.3 Å². The lowest BCUT2D eigenvalue weighted by molar-refractivity contribution is -0.119. The second-order valence-corrected chi connectivity index (χ2v) is 10.8. The minimum atomic E-state index is -3.48. The van der Waals surface area contributed by atoms with E-state index in [9.17, 15) is 18.0 Å². The van der Waals surface area contributed by atoms with Crippen molar-refractivity contribution < 1.29 is 18.0 Å². The van der Waals surface area contributed by atoms with Crippen LogP contribution in [-0.4, -0.2) is 52.9 Å². The first-order valence-electron chi connectivity index (χ1n) is 9.44. The normalized spacial score (nSPS) is 16.5. The van der Waals surface area contributed by atoms with Crippen LogP contribution in [-0.2, 0) is 14.8 Å². The number of carbonyl (C=O) groups is 2. The third kappa shape index (κ3) is 4.73. The summed E-state index contributed by atoms with van der Waals surface area (Å²) in [4.78, 5) is 31.7. The average molecular weight is 523 g/mol. The summed E-state index contributed by atoms with van der Waals surface area (Å²) in [5, 5.41) is 5.14. The number of hydrogen-bond donors (Lipinski definition) is 1. The molecule has 0 aliphatic carbocycles. The molecular formula is C20H19BrN4O4S2. The van der Waals surface area contributed by atoms with Crippen molar-refractivity contribution in [2.24, 2.45) is 0 Å². The summed E-state index contributed by atoms with van der Waals surface area (Å²) in [6, 6.07) is 8.53. The lowest BCUT2D eigenvalue weighted by Gasteiger charge is -2.23. The topological polar surface area (TPSA) is 101 Å². The Labute approximate surface area is 192 Å². The summed E-state index contributed by atoms with van der Waals surface area (Å²) in [7, 11) is -3.48. The van der Waals surface area contributed by atoms with Crippen molar-refractivity contribution >= 4 is 54.2 Å². The van der Waals surface area contributed by atoms with E-state index in [0.717, 1.165) is 26.0 Å². The highest BCUT2D eigenvalue weighted by Gasteiger charge is 2.35. The quantitative estimate of drug-likeness (QED) is 0.553. The Morgan fingerprint density at radius 3 is 2.81 bits per heavy atom. The number of halogens is 1. The van der Waals surface area contributed by atoms with Crippen molar-refractivity contribution in [3.8, 4) is 11.3 Å². The molecule has 11 heteroatoms. The summed E-state index contributed by atoms with van der Waals surface area (Å²) in [5.41, 5.74) is 1.92. The standard InChI is InChI=1S/C20H19BrN4O4S2/c1-31(28,29)24-9-7-14(11-24)19(27)25-8-3-6-17(25)18(26)23-20-22-16(12-30-20)13-4-2-5-15(21)10-13/h2,4-5,7,9-12,17H,3,6,8H2,1H3,(H,22,23,26)/t17-/m0/s1. The Hall–Kier alpha value is -2.50. The van der Waals surface area contributed by atoms with Crippen molar-refractivity contribution in [3.63, 3.8) is 0 Å². The third-order valence-corrected chi connectivity index (χ3v) is 7.21. The Balaban J connectivity index is 1.47. The van der Waals surface area contributed by atoms with E-state index in [2.05, 4.69) is 26.2 Å². The van der Waals surface area contributed by atoms with Gasteiger partial charge in [0, 0.05) is 34.4 Å². The molecular weight excluding hydrogens is 504 g/mol. The van der Waals surface area contributed by atoms with Gasteiger partial charge in [0.2, 0.25) is 15.9 Å². The fourth-order valence-electron chi connectivity index (χ4n) is 3.46. The molecule has 0 bridgehead atoms. The van der Waals surface area contributed by atoms with Crippen LogP contribution in [0.25, 0.3) is 11.3 Å². The molecule has 1 N–H and O–H groups in total. The number of nitrogens with zero attached hydrogens (tertiary/aromatic N) is 3. The molecule has 3 heterocycles. The fraction of sp³-hybridized carbons (Fsp3) is 0.250. The molecule has 162 valence electrons. The lowest BCUT2D eigenvalue weighted by atomic mass is 10.2. The van der Waals surface area contributed by atoms with Gasteiger partial charge in [0.05, 0.1) is 17.5 Å². The van der Waals surface area contributed by atoms with Crippen molar-refractivity contribution in [1.82, 2.24) is 13.9 Å². The van der Waals surface area contributed by atoms with Crippen molar-refractivity contribution in [2.75, 3.05) is 18.1 Å². The molecule has 1 fully saturated rings. The van der Waals surface area contributed by atoms with E-state index in [0.29, 0.717) is 24.5 Å². The molecule has 0 saturated carbocycles. The van der Waals surface area contributed by atoms with Crippen LogP contribution in [0.4, 0.5) is 5.13 Å². The van der Waals surface area contributed by atoms with Gasteiger partial charge in [-0.1, -0.05) is 28.1 Å². The van der Waals surface area contributed by atoms with Crippen LogP contribution in [0.15, 0.2) is 52.6 Å². The van der Waals surface area contributed by atoms with Crippen LogP contribution < -0.4 is 5.32 Å². The van der Waals surface area contributed by atoms with Crippen LogP contribution in [0, 0.1) is 0 Å². The third-order valence-electron chi connectivity index (χ3n) is 4.97. The summed E-state index contributed by atoms with van der Waals surface area (Å²) in [6.45, 7) is 0.433. The number of nitrogens with one attached hydrogen (secondary N) is 1. The zero-order valence-electron chi connectivity index (χ0n) is 16.5. The number of rotatable bonds is 5. The van der Waals surface area contributed by atoms with E-state index in [4.69, 9.17) is 0 Å². The summed E-state index contributed by atoms with van der Waals surface area (Å²) in [5.74, 6) is -0.669. The first kappa shape index (κ1) is 21.7. The molecule has 8 nitrogen and oxygen atoms in total. The second-order valence-electron chi connectivity index (χ2n) is 7.19. The van der Waals surface area contributed by atoms with E-state index >= 15 is 0 Å². The largest absolute Gasteiger partial charge is 0.327 e. The molecule has 1 aromatic carbocycles. The molecule has 1 atom stereocenters. The summed E-state index contributed by atoms with van der Waals surface area (Å²) < 4.78 is 25.2. The highest BCUT2D eigenvalue weighted by Crippen LogP contribution is 2.28. The highest BCUT2D eigenvalue weighted by atomic mass is 79.9. The number of amides is 2. The minimum absolute atomic E-state index is 0.233. The SMILES string of the molecule is CS(=O)(=O)n1ccc(C(=O)N2CCC[C@H]2C(=O)Nc2nc(-c3cccc(Br)c3)cs2)c1. The minimum Gasteiger partial charge on any atom is -0.327 e. The maximum absolute atomic E-state index is 12.9. The molecule has 3 aromatic rings. The van der Waals surface area contributed by atoms with Gasteiger partial charge in [-0.2, -0.15) is 0 Å². The number of likely N-dealkylation sites (tertiary alicyclic amines) is 1. The number of benzene rings is 1. The Morgan fingerprint density at radius 2 is 2.10 bits per heavy atom. The molecule has 31 heavy (non-hydrogen) atoms. The van der Waals surface area contributed by atoms with Gasteiger partial charge in [-0.05, 0) is 31.0 Å². The Kier molecular flexibility index (Phi) is 6.00. The summed E-state index contributed by atoms with van der Waals surface area (Å²) >= 11 is 4.75. The van der Waals surface area contributed by atoms with Gasteiger partial charge in [0.15, 0.2) is 5.13 Å². The number of aromatic nitrogens is 2. The zero-order chi connectivity index (χ0) is 22.2. The van der Waals surface area contributed by atoms with Crippen LogP contribution in [0.3, 0.4) is 0 Å². The van der Waals surface area contributed by atoms with E-state index in [1.54, 1.807) is 0 Å². The van der Waals surface area contributed by atoms with Gasteiger partial charge >= 0.3 is 0 Å². The first-order chi connectivity index (χ1) is 14.7. The molecule has 0 unspecified atom stereocenters. The number of carbonyl (C=O) groups excluding carboxylic acids is 2. The van der Waals surface area contributed by atoms with Gasteiger partial charge in [-0.25, -0.2) is 13.4 Å². The highest BCUT2D eigenvalue weighted by molar-refractivity contribution is 9.10. The van der Waals surface area contributed by atoms with Gasteiger partial charge in [0.25, 0.3) is 5.91 Å². The van der Waals surface area contributed by atoms with E-state index in [-0.39, 0.29) is 17.4 Å². The Morgan fingerprint density at radius 1 is 1.29 bits per heavy atom. The maximum atomic E-state index is 12.9. The average Bonchev–Trinajstić information content (AvgIpc) is 3.46. The van der Waals surface area contributed by atoms with Crippen LogP contribution in [0.5, 0.6) is 0 Å². The van der Waals surface area contributed by atoms with Gasteiger partial charge < -0.3 is 10.2 Å². The molecule has 1 saturated heterocycles. The molecule has 0 radical (unpaired) electrons. The van der Waals surface area contributed by atoms with Crippen molar-refractivity contribution in [3.05, 3.63) is 58.1 Å². The smallest absolute Gasteiger partial charge is 0.256 e. The predicted molar refractivity (Wildman–Crippen MR) is 123 cm³/mol. The zero-order valence-corrected chi connectivity index (χ0v) is 19.7. The lowest BCUT2D eigenvalue weighted by Crippen LogP contribution is -2.43. The van der Waals surface area contributed by atoms with Crippen LogP contribution in [0.2, 0.25) is 0 Å². The molecule has 1 aliphatic rings. The molecule has 2 amide bonds. The van der Waals surface area contributed by atoms with Crippen molar-refractivity contribution in [1.29, 1.82) is 0 Å². The predicted octanol–water partition coefficient (Wildman–Crippen LogP) is 3.43. The monoisotopic (exact) mass is 522 g/mol. The molecule has 2 aromatic heterocycles. The molecule has 4 rings (SSSR count). The number of hydrogen-bond acceptors (Lipinski definition) is 6. The molecule has 1 aliphatic heterocycles. The van der Waals surface area contributed by atoms with Gasteiger partial charge in [0.1, 0.15) is 6.04 Å². The van der Waals surface area contributed by atoms with E-state index in [1.165, 1.54) is 34.7 Å². The van der Waals surface area contributed by atoms with Gasteiger partial charge in [-0.3, -0.25) is 13.6 Å². The second kappa shape index (κ2) is 8.56. The number of thiazole rings is 1. The van der Waals surface area contributed by atoms with Crippen LogP contribution in [0.1, 0.15) is 23.2 Å². The van der Waals surface area contributed by atoms with E-state index in [1.807, 2.05) is 29.6 Å². The van der Waals surface area contributed by atoms with Gasteiger partial charge in [-0.15, -0.1) is 11.3 Å². The fourth-order valence-corrected chi connectivity index (χ4v) is 5.17. The number of anilines is 1. The summed E-state index contributed by atoms with van der Waals surface area (Å²) in [6.07, 6.45) is 4.89. The molecule has 0 spiro atoms. The Bertz CT molecular complexity index is 1250. The maximum Gasteiger partial charge on any atom is 0.256 e. The first-order valence-corrected chi connectivity index (χ1v) is 13.0. The van der Waals surface area contributed by atoms with E-state index < -0.39 is 16.1 Å². The van der Waals surface area contributed by atoms with Crippen molar-refractivity contribution in [2.45, 2.75) is 18.9 Å².